The summed E-state index contributed by atoms with van der Waals surface area (Å²) in [7, 11) is 0. The molecular weight excluding hydrogens is 425 g/mol. The lowest BCUT2D eigenvalue weighted by atomic mass is 10.1. The smallest absolute Gasteiger partial charge is 0.262 e. The maximum absolute atomic E-state index is 14.0. The van der Waals surface area contributed by atoms with E-state index >= 15 is 0 Å². The summed E-state index contributed by atoms with van der Waals surface area (Å²) in [4.78, 5) is 22.4. The first kappa shape index (κ1) is 20.4. The summed E-state index contributed by atoms with van der Waals surface area (Å²) in [6.07, 6.45) is 3.14. The van der Waals surface area contributed by atoms with E-state index in [2.05, 4.69) is 15.0 Å². The van der Waals surface area contributed by atoms with Crippen molar-refractivity contribution in [3.8, 4) is 5.75 Å². The van der Waals surface area contributed by atoms with Crippen LogP contribution in [0.25, 0.3) is 11.0 Å². The minimum Gasteiger partial charge on any atom is -0.485 e. The number of rotatable bonds is 5. The zero-order chi connectivity index (χ0) is 21.5. The Kier molecular flexibility index (Phi) is 5.41. The quantitative estimate of drug-likeness (QED) is 0.647. The number of hydrogen-bond donors (Lipinski definition) is 1. The molecule has 0 saturated carbocycles. The van der Waals surface area contributed by atoms with Gasteiger partial charge in [-0.3, -0.25) is 9.69 Å². The van der Waals surface area contributed by atoms with Gasteiger partial charge in [0.2, 0.25) is 0 Å². The molecular formula is C21H23ClFN5O3. The fourth-order valence-corrected chi connectivity index (χ4v) is 4.29. The van der Waals surface area contributed by atoms with Gasteiger partial charge in [-0.15, -0.1) is 0 Å². The molecule has 31 heavy (non-hydrogen) atoms. The molecule has 0 spiro atoms. The van der Waals surface area contributed by atoms with E-state index in [0.29, 0.717) is 48.2 Å². The molecule has 8 nitrogen and oxygen atoms in total. The van der Waals surface area contributed by atoms with E-state index in [4.69, 9.17) is 26.1 Å². The molecule has 1 N–H and O–H groups in total. The Labute approximate surface area is 182 Å². The Morgan fingerprint density at radius 1 is 1.32 bits per heavy atom. The molecule has 2 aliphatic heterocycles. The fraction of sp³-hybridized carbons (Fsp3) is 0.476. The van der Waals surface area contributed by atoms with Crippen LogP contribution in [0.5, 0.6) is 5.75 Å². The average Bonchev–Trinajstić information content (AvgIpc) is 3.16. The van der Waals surface area contributed by atoms with Gasteiger partial charge in [0.05, 0.1) is 18.3 Å². The molecule has 2 aliphatic rings. The number of aromatic nitrogens is 4. The van der Waals surface area contributed by atoms with E-state index < -0.39 is 5.82 Å². The summed E-state index contributed by atoms with van der Waals surface area (Å²) >= 11 is 5.79. The Balaban J connectivity index is 1.31. The van der Waals surface area contributed by atoms with Crippen LogP contribution in [-0.2, 0) is 4.74 Å². The third kappa shape index (κ3) is 3.93. The lowest BCUT2D eigenvalue weighted by Gasteiger charge is -2.42. The van der Waals surface area contributed by atoms with Gasteiger partial charge in [0.15, 0.2) is 17.2 Å². The second kappa shape index (κ2) is 8.22. The van der Waals surface area contributed by atoms with Crippen molar-refractivity contribution in [3.63, 3.8) is 0 Å². The summed E-state index contributed by atoms with van der Waals surface area (Å²) in [5.41, 5.74) is 0.413. The Morgan fingerprint density at radius 3 is 2.84 bits per heavy atom. The largest absolute Gasteiger partial charge is 0.485 e. The number of halogens is 2. The van der Waals surface area contributed by atoms with Crippen LogP contribution in [0.3, 0.4) is 0 Å². The van der Waals surface area contributed by atoms with Crippen LogP contribution in [0.4, 0.5) is 4.39 Å². The summed E-state index contributed by atoms with van der Waals surface area (Å²) in [5.74, 6) is 0.300. The Hall–Kier alpha value is -2.49. The predicted molar refractivity (Wildman–Crippen MR) is 113 cm³/mol. The van der Waals surface area contributed by atoms with Crippen molar-refractivity contribution in [2.24, 2.45) is 0 Å². The predicted octanol–water partition coefficient (Wildman–Crippen LogP) is 3.09. The van der Waals surface area contributed by atoms with Crippen LogP contribution in [0, 0.1) is 5.82 Å². The first-order valence-electron chi connectivity index (χ1n) is 10.4. The minimum atomic E-state index is -0.475. The third-order valence-electron chi connectivity index (χ3n) is 6.03. The van der Waals surface area contributed by atoms with Crippen LogP contribution in [0.15, 0.2) is 29.2 Å². The highest BCUT2D eigenvalue weighted by Crippen LogP contribution is 2.29. The van der Waals surface area contributed by atoms with E-state index in [9.17, 15) is 9.18 Å². The van der Waals surface area contributed by atoms with E-state index in [0.717, 1.165) is 12.8 Å². The zero-order valence-electron chi connectivity index (χ0n) is 17.1. The van der Waals surface area contributed by atoms with Gasteiger partial charge >= 0.3 is 0 Å². The van der Waals surface area contributed by atoms with Gasteiger partial charge in [-0.05, 0) is 38.0 Å². The molecule has 4 heterocycles. The number of hydrogen-bond acceptors (Lipinski definition) is 6. The lowest BCUT2D eigenvalue weighted by molar-refractivity contribution is -0.00918. The van der Waals surface area contributed by atoms with Gasteiger partial charge in [-0.1, -0.05) is 11.6 Å². The van der Waals surface area contributed by atoms with Gasteiger partial charge in [0.1, 0.15) is 17.3 Å². The van der Waals surface area contributed by atoms with Crippen molar-refractivity contribution in [1.82, 2.24) is 24.6 Å². The van der Waals surface area contributed by atoms with Crippen molar-refractivity contribution in [1.29, 1.82) is 0 Å². The van der Waals surface area contributed by atoms with Crippen LogP contribution >= 0.6 is 11.6 Å². The molecule has 164 valence electrons. The van der Waals surface area contributed by atoms with E-state index in [1.165, 1.54) is 12.1 Å². The monoisotopic (exact) mass is 447 g/mol. The second-order valence-corrected chi connectivity index (χ2v) is 8.50. The number of nitrogens with zero attached hydrogens (tertiary/aromatic N) is 4. The highest BCUT2D eigenvalue weighted by atomic mass is 35.5. The summed E-state index contributed by atoms with van der Waals surface area (Å²) in [6, 6.07) is 4.44. The molecule has 1 atom stereocenters. The third-order valence-corrected chi connectivity index (χ3v) is 6.26. The van der Waals surface area contributed by atoms with Gasteiger partial charge in [0, 0.05) is 31.3 Å². The Morgan fingerprint density at radius 2 is 2.10 bits per heavy atom. The number of H-pyrrole nitrogens is 1. The SMILES string of the molecule is CC(c1nc2c(cnn2C2CCOCC2)c(=O)[nH]1)N1CC(Oc2ccc(Cl)cc2F)C1. The van der Waals surface area contributed by atoms with Crippen LogP contribution in [0.2, 0.25) is 5.02 Å². The number of likely N-dealkylation sites (tertiary alicyclic amines) is 1. The molecule has 0 radical (unpaired) electrons. The molecule has 1 unspecified atom stereocenters. The number of fused-ring (bicyclic) bond motifs is 1. The minimum absolute atomic E-state index is 0.120. The highest BCUT2D eigenvalue weighted by Gasteiger charge is 2.34. The summed E-state index contributed by atoms with van der Waals surface area (Å²) in [5, 5.41) is 5.26. The number of nitrogens with one attached hydrogen (secondary N) is 1. The molecule has 1 aromatic carbocycles. The van der Waals surface area contributed by atoms with E-state index in [1.54, 1.807) is 12.3 Å². The number of aromatic amines is 1. The summed E-state index contributed by atoms with van der Waals surface area (Å²) in [6.45, 7) is 4.55. The van der Waals surface area contributed by atoms with Crippen molar-refractivity contribution in [2.45, 2.75) is 38.0 Å². The van der Waals surface area contributed by atoms with Crippen molar-refractivity contribution in [3.05, 3.63) is 51.4 Å². The average molecular weight is 448 g/mol. The molecule has 3 aromatic rings. The summed E-state index contributed by atoms with van der Waals surface area (Å²) < 4.78 is 27.0. The van der Waals surface area contributed by atoms with Crippen molar-refractivity contribution in [2.75, 3.05) is 26.3 Å². The maximum Gasteiger partial charge on any atom is 0.262 e. The standard InChI is InChI=1S/C21H23ClFN5O3/c1-12(27-10-15(11-27)31-18-3-2-13(22)8-17(18)23)19-25-20-16(21(29)26-19)9-24-28(20)14-4-6-30-7-5-14/h2-3,8-9,12,14-15H,4-7,10-11H2,1H3,(H,25,26,29). The van der Waals surface area contributed by atoms with Crippen LogP contribution < -0.4 is 10.3 Å². The second-order valence-electron chi connectivity index (χ2n) is 8.07. The molecule has 2 saturated heterocycles. The van der Waals surface area contributed by atoms with Crippen molar-refractivity contribution >= 4 is 22.6 Å². The van der Waals surface area contributed by atoms with E-state index in [-0.39, 0.29) is 29.5 Å². The molecule has 0 amide bonds. The number of benzene rings is 1. The molecule has 0 aliphatic carbocycles. The van der Waals surface area contributed by atoms with Gasteiger partial charge < -0.3 is 14.5 Å². The molecule has 0 bridgehead atoms. The topological polar surface area (TPSA) is 85.3 Å². The first-order chi connectivity index (χ1) is 15.0. The molecule has 2 aromatic heterocycles. The van der Waals surface area contributed by atoms with Crippen LogP contribution in [-0.4, -0.2) is 57.1 Å². The fourth-order valence-electron chi connectivity index (χ4n) is 4.13. The Bertz CT molecular complexity index is 1150. The number of ether oxygens (including phenoxy) is 2. The first-order valence-corrected chi connectivity index (χ1v) is 10.8. The van der Waals surface area contributed by atoms with E-state index in [1.807, 2.05) is 11.6 Å². The van der Waals surface area contributed by atoms with Gasteiger partial charge in [-0.25, -0.2) is 14.1 Å². The van der Waals surface area contributed by atoms with Crippen molar-refractivity contribution < 1.29 is 13.9 Å². The molecule has 2 fully saturated rings. The maximum atomic E-state index is 14.0. The molecule has 10 heteroatoms. The molecule has 5 rings (SSSR count). The van der Waals surface area contributed by atoms with Gasteiger partial charge in [-0.2, -0.15) is 5.10 Å². The zero-order valence-corrected chi connectivity index (χ0v) is 17.8. The normalized spacial score (nSPS) is 19.5. The highest BCUT2D eigenvalue weighted by molar-refractivity contribution is 6.30. The van der Waals surface area contributed by atoms with Gasteiger partial charge in [0.25, 0.3) is 5.56 Å². The lowest BCUT2D eigenvalue weighted by Crippen LogP contribution is -2.54. The van der Waals surface area contributed by atoms with Crippen LogP contribution in [0.1, 0.15) is 37.7 Å².